The number of hydrogen-bond donors (Lipinski definition) is 0. The maximum Gasteiger partial charge on any atom is 0.0447 e. The summed E-state index contributed by atoms with van der Waals surface area (Å²) in [6.07, 6.45) is 1.96. The Morgan fingerprint density at radius 2 is 1.59 bits per heavy atom. The number of hydrogen-bond acceptors (Lipinski definition) is 1. The summed E-state index contributed by atoms with van der Waals surface area (Å²) in [4.78, 5) is 2.45. The molecule has 1 nitrogen and oxygen atoms in total. The Bertz CT molecular complexity index is 650. The molecule has 0 aliphatic carbocycles. The van der Waals surface area contributed by atoms with Gasteiger partial charge in [0.2, 0.25) is 0 Å². The molecule has 0 aliphatic heterocycles. The molecule has 0 amide bonds. The van der Waals surface area contributed by atoms with Gasteiger partial charge in [0.25, 0.3) is 0 Å². The number of nitrogens with zero attached hydrogens (tertiary/aromatic N) is 1. The lowest BCUT2D eigenvalue weighted by Crippen LogP contribution is -2.30. The summed E-state index contributed by atoms with van der Waals surface area (Å²) in [7, 11) is 0. The van der Waals surface area contributed by atoms with Gasteiger partial charge in [0.05, 0.1) is 0 Å². The Balaban J connectivity index is 2.41. The molecule has 0 heterocycles. The van der Waals surface area contributed by atoms with Gasteiger partial charge in [0, 0.05) is 18.3 Å². The normalized spacial score (nSPS) is 10.8. The molecule has 0 atom stereocenters. The van der Waals surface area contributed by atoms with Crippen molar-refractivity contribution in [3.63, 3.8) is 0 Å². The van der Waals surface area contributed by atoms with Crippen LogP contribution in [0.25, 0.3) is 6.08 Å². The zero-order valence-corrected chi connectivity index (χ0v) is 14.5. The highest BCUT2D eigenvalue weighted by Crippen LogP contribution is 2.29. The number of rotatable bonds is 5. The van der Waals surface area contributed by atoms with Crippen LogP contribution in [-0.2, 0) is 6.54 Å². The summed E-state index contributed by atoms with van der Waals surface area (Å²) in [5.74, 6) is 0. The smallest absolute Gasteiger partial charge is 0.0447 e. The second-order valence-electron chi connectivity index (χ2n) is 6.41. The van der Waals surface area contributed by atoms with Crippen LogP contribution in [-0.4, -0.2) is 6.04 Å². The number of anilines is 1. The lowest BCUT2D eigenvalue weighted by atomic mass is 10.0. The van der Waals surface area contributed by atoms with Gasteiger partial charge in [0.15, 0.2) is 0 Å². The van der Waals surface area contributed by atoms with Crippen LogP contribution in [0, 0.1) is 20.8 Å². The van der Waals surface area contributed by atoms with Crippen molar-refractivity contribution in [2.75, 3.05) is 4.90 Å². The third-order valence-electron chi connectivity index (χ3n) is 4.27. The van der Waals surface area contributed by atoms with Gasteiger partial charge in [-0.05, 0) is 69.0 Å². The molecule has 2 aromatic rings. The molecular formula is C21H27N. The minimum Gasteiger partial charge on any atom is -0.364 e. The van der Waals surface area contributed by atoms with Crippen molar-refractivity contribution in [2.24, 2.45) is 0 Å². The first-order chi connectivity index (χ1) is 10.4. The fraction of sp³-hybridized carbons (Fsp3) is 0.333. The van der Waals surface area contributed by atoms with E-state index in [1.807, 2.05) is 6.08 Å². The Morgan fingerprint density at radius 1 is 1.00 bits per heavy atom. The lowest BCUT2D eigenvalue weighted by Gasteiger charge is -2.31. The molecule has 0 saturated carbocycles. The minimum absolute atomic E-state index is 0.433. The largest absolute Gasteiger partial charge is 0.364 e. The molecule has 22 heavy (non-hydrogen) atoms. The van der Waals surface area contributed by atoms with E-state index in [1.54, 1.807) is 0 Å². The van der Waals surface area contributed by atoms with Gasteiger partial charge >= 0.3 is 0 Å². The summed E-state index contributed by atoms with van der Waals surface area (Å²) >= 11 is 0. The van der Waals surface area contributed by atoms with Gasteiger partial charge in [-0.1, -0.05) is 42.5 Å². The second kappa shape index (κ2) is 6.83. The monoisotopic (exact) mass is 293 g/mol. The number of benzene rings is 2. The molecule has 116 valence electrons. The Kier molecular flexibility index (Phi) is 5.07. The molecule has 0 fully saturated rings. The quantitative estimate of drug-likeness (QED) is 0.686. The topological polar surface area (TPSA) is 3.24 Å². The van der Waals surface area contributed by atoms with Crippen molar-refractivity contribution in [2.45, 2.75) is 47.2 Å². The zero-order chi connectivity index (χ0) is 16.3. The molecule has 2 rings (SSSR count). The van der Waals surface area contributed by atoms with Crippen LogP contribution in [0.2, 0.25) is 0 Å². The van der Waals surface area contributed by atoms with Crippen LogP contribution in [0.1, 0.15) is 41.7 Å². The molecule has 0 aliphatic rings. The first-order valence-corrected chi connectivity index (χ1v) is 7.98. The average molecular weight is 293 g/mol. The van der Waals surface area contributed by atoms with E-state index in [2.05, 4.69) is 82.5 Å². The van der Waals surface area contributed by atoms with Crippen LogP contribution in [0.3, 0.4) is 0 Å². The molecule has 0 spiro atoms. The number of aryl methyl sites for hydroxylation is 3. The highest BCUT2D eigenvalue weighted by molar-refractivity contribution is 5.69. The van der Waals surface area contributed by atoms with E-state index in [0.717, 1.165) is 6.54 Å². The maximum absolute atomic E-state index is 4.00. The minimum atomic E-state index is 0.433. The van der Waals surface area contributed by atoms with Crippen LogP contribution in [0.4, 0.5) is 5.69 Å². The summed E-state index contributed by atoms with van der Waals surface area (Å²) in [5, 5.41) is 0. The predicted octanol–water partition coefficient (Wildman–Crippen LogP) is 5.67. The first-order valence-electron chi connectivity index (χ1n) is 7.98. The summed E-state index contributed by atoms with van der Waals surface area (Å²) in [6.45, 7) is 15.9. The van der Waals surface area contributed by atoms with Crippen molar-refractivity contribution in [1.82, 2.24) is 0 Å². The van der Waals surface area contributed by atoms with Gasteiger partial charge < -0.3 is 4.90 Å². The highest BCUT2D eigenvalue weighted by atomic mass is 15.2. The van der Waals surface area contributed by atoms with Gasteiger partial charge in [-0.15, -0.1) is 0 Å². The predicted molar refractivity (Wildman–Crippen MR) is 98.5 cm³/mol. The van der Waals surface area contributed by atoms with Gasteiger partial charge in [-0.3, -0.25) is 0 Å². The molecule has 1 heteroatoms. The maximum atomic E-state index is 4.00. The fourth-order valence-electron chi connectivity index (χ4n) is 2.67. The van der Waals surface area contributed by atoms with E-state index >= 15 is 0 Å². The van der Waals surface area contributed by atoms with Gasteiger partial charge in [0.1, 0.15) is 0 Å². The SMILES string of the molecule is C=Cc1cc(C)c(C)cc1N(Cc1ccc(C)cc1)C(C)C. The van der Waals surface area contributed by atoms with Crippen molar-refractivity contribution in [1.29, 1.82) is 0 Å². The Labute approximate surface area is 135 Å². The van der Waals surface area contributed by atoms with Crippen molar-refractivity contribution in [3.8, 4) is 0 Å². The molecule has 0 unspecified atom stereocenters. The highest BCUT2D eigenvalue weighted by Gasteiger charge is 2.15. The molecule has 0 bridgehead atoms. The van der Waals surface area contributed by atoms with E-state index in [4.69, 9.17) is 0 Å². The van der Waals surface area contributed by atoms with Crippen LogP contribution < -0.4 is 4.90 Å². The van der Waals surface area contributed by atoms with Crippen molar-refractivity contribution in [3.05, 3.63) is 70.8 Å². The van der Waals surface area contributed by atoms with Crippen LogP contribution in [0.5, 0.6) is 0 Å². The first kappa shape index (κ1) is 16.4. The van der Waals surface area contributed by atoms with Crippen LogP contribution in [0.15, 0.2) is 43.0 Å². The zero-order valence-electron chi connectivity index (χ0n) is 14.5. The molecule has 0 N–H and O–H groups in total. The third kappa shape index (κ3) is 3.59. The summed E-state index contributed by atoms with van der Waals surface area (Å²) in [5.41, 5.74) is 7.77. The Hall–Kier alpha value is -2.02. The van der Waals surface area contributed by atoms with Gasteiger partial charge in [-0.2, -0.15) is 0 Å². The van der Waals surface area contributed by atoms with E-state index in [0.29, 0.717) is 6.04 Å². The molecular weight excluding hydrogens is 266 g/mol. The standard InChI is InChI=1S/C21H27N/c1-7-20-12-17(5)18(6)13-21(20)22(15(2)3)14-19-10-8-16(4)9-11-19/h7-13,15H,1,14H2,2-6H3. The summed E-state index contributed by atoms with van der Waals surface area (Å²) in [6, 6.07) is 13.8. The third-order valence-corrected chi connectivity index (χ3v) is 4.27. The lowest BCUT2D eigenvalue weighted by molar-refractivity contribution is 0.681. The fourth-order valence-corrected chi connectivity index (χ4v) is 2.67. The second-order valence-corrected chi connectivity index (χ2v) is 6.41. The van der Waals surface area contributed by atoms with E-state index < -0.39 is 0 Å². The Morgan fingerprint density at radius 3 is 2.14 bits per heavy atom. The molecule has 0 aromatic heterocycles. The molecule has 0 saturated heterocycles. The van der Waals surface area contributed by atoms with E-state index in [9.17, 15) is 0 Å². The average Bonchev–Trinajstić information content (AvgIpc) is 2.49. The van der Waals surface area contributed by atoms with Gasteiger partial charge in [-0.25, -0.2) is 0 Å². The van der Waals surface area contributed by atoms with Crippen molar-refractivity contribution >= 4 is 11.8 Å². The summed E-state index contributed by atoms with van der Waals surface area (Å²) < 4.78 is 0. The molecule has 2 aromatic carbocycles. The molecule has 0 radical (unpaired) electrons. The van der Waals surface area contributed by atoms with E-state index in [-0.39, 0.29) is 0 Å². The van der Waals surface area contributed by atoms with E-state index in [1.165, 1.54) is 33.5 Å². The van der Waals surface area contributed by atoms with Crippen LogP contribution >= 0.6 is 0 Å². The van der Waals surface area contributed by atoms with Crippen molar-refractivity contribution < 1.29 is 0 Å².